The molecule has 0 aromatic heterocycles. The van der Waals surface area contributed by atoms with Crippen molar-refractivity contribution in [2.24, 2.45) is 5.41 Å². The molecular formula is C15H21BrO. The van der Waals surface area contributed by atoms with E-state index in [1.807, 2.05) is 30.3 Å². The van der Waals surface area contributed by atoms with Crippen LogP contribution in [0.25, 0.3) is 0 Å². The minimum absolute atomic E-state index is 0.569. The summed E-state index contributed by atoms with van der Waals surface area (Å²) in [5.74, 6) is 0.992. The molecule has 0 bridgehead atoms. The summed E-state index contributed by atoms with van der Waals surface area (Å²) in [4.78, 5) is 0. The van der Waals surface area contributed by atoms with Crippen molar-refractivity contribution in [3.8, 4) is 5.75 Å². The van der Waals surface area contributed by atoms with E-state index in [0.717, 1.165) is 17.7 Å². The van der Waals surface area contributed by atoms with Crippen LogP contribution >= 0.6 is 15.9 Å². The highest BCUT2D eigenvalue weighted by Crippen LogP contribution is 2.43. The SMILES string of the molecule is BrCC1(CCCOc2ccccc2)CCCC1. The predicted molar refractivity (Wildman–Crippen MR) is 75.9 cm³/mol. The van der Waals surface area contributed by atoms with Gasteiger partial charge in [0.1, 0.15) is 5.75 Å². The minimum Gasteiger partial charge on any atom is -0.494 e. The molecule has 0 saturated heterocycles. The largest absolute Gasteiger partial charge is 0.494 e. The van der Waals surface area contributed by atoms with E-state index in [1.54, 1.807) is 0 Å². The summed E-state index contributed by atoms with van der Waals surface area (Å²) < 4.78 is 5.74. The highest BCUT2D eigenvalue weighted by molar-refractivity contribution is 9.09. The molecule has 1 aromatic carbocycles. The fourth-order valence-electron chi connectivity index (χ4n) is 2.73. The van der Waals surface area contributed by atoms with Crippen molar-refractivity contribution in [3.63, 3.8) is 0 Å². The average molecular weight is 297 g/mol. The second kappa shape index (κ2) is 6.44. The molecule has 1 aliphatic rings. The molecule has 1 nitrogen and oxygen atoms in total. The molecular weight excluding hydrogens is 276 g/mol. The molecule has 0 N–H and O–H groups in total. The van der Waals surface area contributed by atoms with Crippen LogP contribution < -0.4 is 4.74 Å². The van der Waals surface area contributed by atoms with E-state index in [-0.39, 0.29) is 0 Å². The Balaban J connectivity index is 1.69. The van der Waals surface area contributed by atoms with Crippen LogP contribution in [0.15, 0.2) is 30.3 Å². The van der Waals surface area contributed by atoms with Crippen LogP contribution in [0.1, 0.15) is 38.5 Å². The van der Waals surface area contributed by atoms with Gasteiger partial charge in [-0.25, -0.2) is 0 Å². The van der Waals surface area contributed by atoms with Crippen LogP contribution in [-0.2, 0) is 0 Å². The molecule has 17 heavy (non-hydrogen) atoms. The predicted octanol–water partition coefficient (Wildman–Crippen LogP) is 4.80. The molecule has 2 heteroatoms. The molecule has 1 fully saturated rings. The Morgan fingerprint density at radius 3 is 2.47 bits per heavy atom. The summed E-state index contributed by atoms with van der Waals surface area (Å²) in [6, 6.07) is 10.1. The van der Waals surface area contributed by atoms with Crippen LogP contribution in [0.5, 0.6) is 5.75 Å². The Kier molecular flexibility index (Phi) is 4.90. The van der Waals surface area contributed by atoms with E-state index in [0.29, 0.717) is 5.41 Å². The maximum atomic E-state index is 5.74. The molecule has 0 amide bonds. The molecule has 0 heterocycles. The minimum atomic E-state index is 0.569. The lowest BCUT2D eigenvalue weighted by Gasteiger charge is -2.26. The summed E-state index contributed by atoms with van der Waals surface area (Å²) in [6.07, 6.45) is 8.06. The van der Waals surface area contributed by atoms with Gasteiger partial charge in [0.2, 0.25) is 0 Å². The maximum absolute atomic E-state index is 5.74. The maximum Gasteiger partial charge on any atom is 0.119 e. The highest BCUT2D eigenvalue weighted by Gasteiger charge is 2.31. The fourth-order valence-corrected chi connectivity index (χ4v) is 3.57. The number of rotatable bonds is 6. The normalized spacial score (nSPS) is 18.2. The second-order valence-electron chi connectivity index (χ2n) is 5.11. The zero-order chi connectivity index (χ0) is 12.0. The third kappa shape index (κ3) is 3.74. The van der Waals surface area contributed by atoms with Gasteiger partial charge in [0.05, 0.1) is 6.61 Å². The Morgan fingerprint density at radius 2 is 1.82 bits per heavy atom. The molecule has 1 saturated carbocycles. The van der Waals surface area contributed by atoms with Gasteiger partial charge in [-0.15, -0.1) is 0 Å². The number of alkyl halides is 1. The van der Waals surface area contributed by atoms with Gasteiger partial charge in [-0.3, -0.25) is 0 Å². The summed E-state index contributed by atoms with van der Waals surface area (Å²) in [5.41, 5.74) is 0.569. The van der Waals surface area contributed by atoms with Gasteiger partial charge in [-0.2, -0.15) is 0 Å². The van der Waals surface area contributed by atoms with Crippen LogP contribution in [0.2, 0.25) is 0 Å². The van der Waals surface area contributed by atoms with Crippen molar-refractivity contribution in [1.82, 2.24) is 0 Å². The first-order valence-corrected chi connectivity index (χ1v) is 7.71. The molecule has 1 aromatic rings. The third-order valence-corrected chi connectivity index (χ3v) is 5.00. The van der Waals surface area contributed by atoms with Crippen molar-refractivity contribution in [3.05, 3.63) is 30.3 Å². The summed E-state index contributed by atoms with van der Waals surface area (Å²) in [7, 11) is 0. The van der Waals surface area contributed by atoms with E-state index in [2.05, 4.69) is 15.9 Å². The lowest BCUT2D eigenvalue weighted by atomic mass is 9.84. The number of hydrogen-bond donors (Lipinski definition) is 0. The van der Waals surface area contributed by atoms with Crippen molar-refractivity contribution >= 4 is 15.9 Å². The van der Waals surface area contributed by atoms with Gasteiger partial charge in [0.15, 0.2) is 0 Å². The fraction of sp³-hybridized carbons (Fsp3) is 0.600. The first kappa shape index (κ1) is 12.9. The molecule has 0 unspecified atom stereocenters. The van der Waals surface area contributed by atoms with Crippen molar-refractivity contribution in [1.29, 1.82) is 0 Å². The smallest absolute Gasteiger partial charge is 0.119 e. The number of benzene rings is 1. The summed E-state index contributed by atoms with van der Waals surface area (Å²) in [6.45, 7) is 0.846. The molecule has 0 atom stereocenters. The number of hydrogen-bond acceptors (Lipinski definition) is 1. The first-order chi connectivity index (χ1) is 8.35. The zero-order valence-corrected chi connectivity index (χ0v) is 11.9. The van der Waals surface area contributed by atoms with Crippen LogP contribution in [-0.4, -0.2) is 11.9 Å². The van der Waals surface area contributed by atoms with Crippen LogP contribution in [0.4, 0.5) is 0 Å². The molecule has 0 radical (unpaired) electrons. The molecule has 0 aliphatic heterocycles. The van der Waals surface area contributed by atoms with E-state index in [9.17, 15) is 0 Å². The molecule has 2 rings (SSSR count). The van der Waals surface area contributed by atoms with Gasteiger partial charge >= 0.3 is 0 Å². The lowest BCUT2D eigenvalue weighted by molar-refractivity contribution is 0.250. The molecule has 94 valence electrons. The quantitative estimate of drug-likeness (QED) is 0.541. The highest BCUT2D eigenvalue weighted by atomic mass is 79.9. The number of halogens is 1. The topological polar surface area (TPSA) is 9.23 Å². The molecule has 0 spiro atoms. The zero-order valence-electron chi connectivity index (χ0n) is 10.3. The third-order valence-electron chi connectivity index (χ3n) is 3.81. The first-order valence-electron chi connectivity index (χ1n) is 6.58. The Labute approximate surface area is 113 Å². The average Bonchev–Trinajstić information content (AvgIpc) is 2.85. The van der Waals surface area contributed by atoms with Crippen molar-refractivity contribution in [2.45, 2.75) is 38.5 Å². The Morgan fingerprint density at radius 1 is 1.12 bits per heavy atom. The van der Waals surface area contributed by atoms with Crippen molar-refractivity contribution in [2.75, 3.05) is 11.9 Å². The lowest BCUT2D eigenvalue weighted by Crippen LogP contribution is -2.19. The van der Waals surface area contributed by atoms with Gasteiger partial charge in [-0.1, -0.05) is 47.0 Å². The Hall–Kier alpha value is -0.500. The van der Waals surface area contributed by atoms with E-state index >= 15 is 0 Å². The van der Waals surface area contributed by atoms with Crippen molar-refractivity contribution < 1.29 is 4.74 Å². The van der Waals surface area contributed by atoms with Gasteiger partial charge in [0.25, 0.3) is 0 Å². The number of ether oxygens (including phenoxy) is 1. The van der Waals surface area contributed by atoms with Gasteiger partial charge in [0, 0.05) is 5.33 Å². The van der Waals surface area contributed by atoms with Gasteiger partial charge < -0.3 is 4.74 Å². The van der Waals surface area contributed by atoms with Crippen LogP contribution in [0, 0.1) is 5.41 Å². The second-order valence-corrected chi connectivity index (χ2v) is 5.67. The summed E-state index contributed by atoms with van der Waals surface area (Å²) >= 11 is 3.69. The Bertz CT molecular complexity index is 317. The monoisotopic (exact) mass is 296 g/mol. The summed E-state index contributed by atoms with van der Waals surface area (Å²) in [5, 5.41) is 1.16. The van der Waals surface area contributed by atoms with E-state index in [4.69, 9.17) is 4.74 Å². The van der Waals surface area contributed by atoms with E-state index < -0.39 is 0 Å². The van der Waals surface area contributed by atoms with Gasteiger partial charge in [-0.05, 0) is 43.2 Å². The molecule has 1 aliphatic carbocycles. The standard InChI is InChI=1S/C15H21BrO/c16-13-15(9-4-5-10-15)11-6-12-17-14-7-2-1-3-8-14/h1-3,7-8H,4-6,9-13H2. The van der Waals surface area contributed by atoms with E-state index in [1.165, 1.54) is 38.5 Å². The van der Waals surface area contributed by atoms with Crippen LogP contribution in [0.3, 0.4) is 0 Å². The number of para-hydroxylation sites is 1.